The molecule has 29 heavy (non-hydrogen) atoms. The fraction of sp³-hybridized carbons (Fsp3) is 0.440. The Morgan fingerprint density at radius 2 is 2.10 bits per heavy atom. The number of hydrogen-bond donors (Lipinski definition) is 2. The second kappa shape index (κ2) is 9.24. The topological polar surface area (TPSA) is 44.5 Å². The van der Waals surface area contributed by atoms with Crippen molar-refractivity contribution in [3.05, 3.63) is 70.7 Å². The van der Waals surface area contributed by atoms with Gasteiger partial charge in [0.1, 0.15) is 12.0 Å². The quantitative estimate of drug-likeness (QED) is 0.411. The van der Waals surface area contributed by atoms with E-state index in [0.717, 1.165) is 31.6 Å². The van der Waals surface area contributed by atoms with Gasteiger partial charge in [-0.1, -0.05) is 74.8 Å². The van der Waals surface area contributed by atoms with Crippen LogP contribution in [0.5, 0.6) is 0 Å². The summed E-state index contributed by atoms with van der Waals surface area (Å²) in [5, 5.41) is 5.33. The SMILES string of the molecule is C#CC(c1cccc(C(C)C)c1)C1NC(N(C)N)=C(CC)N1CC1=CC=CCC1. The van der Waals surface area contributed by atoms with Crippen LogP contribution >= 0.6 is 0 Å². The highest BCUT2D eigenvalue weighted by Crippen LogP contribution is 2.34. The normalized spacial score (nSPS) is 19.8. The molecule has 0 aromatic heterocycles. The van der Waals surface area contributed by atoms with Crippen molar-refractivity contribution in [2.24, 2.45) is 5.84 Å². The Labute approximate surface area is 176 Å². The van der Waals surface area contributed by atoms with Gasteiger partial charge in [0.25, 0.3) is 0 Å². The van der Waals surface area contributed by atoms with E-state index in [1.807, 2.05) is 7.05 Å². The minimum absolute atomic E-state index is 0.0230. The molecule has 2 unspecified atom stereocenters. The molecule has 0 bridgehead atoms. The third kappa shape index (κ3) is 4.52. The minimum Gasteiger partial charge on any atom is -0.348 e. The zero-order chi connectivity index (χ0) is 21.0. The molecule has 2 aliphatic rings. The summed E-state index contributed by atoms with van der Waals surface area (Å²) in [5.74, 6) is 10.6. The monoisotopic (exact) mass is 390 g/mol. The van der Waals surface area contributed by atoms with Gasteiger partial charge >= 0.3 is 0 Å². The van der Waals surface area contributed by atoms with Crippen LogP contribution in [0.3, 0.4) is 0 Å². The molecule has 0 fully saturated rings. The molecule has 0 radical (unpaired) electrons. The number of nitrogens with two attached hydrogens (primary N) is 1. The second-order valence-electron chi connectivity index (χ2n) is 8.24. The molecule has 0 saturated carbocycles. The zero-order valence-electron chi connectivity index (χ0n) is 18.2. The summed E-state index contributed by atoms with van der Waals surface area (Å²) in [6.45, 7) is 7.47. The number of allylic oxidation sites excluding steroid dienone is 4. The van der Waals surface area contributed by atoms with Crippen LogP contribution in [-0.2, 0) is 0 Å². The van der Waals surface area contributed by atoms with Crippen LogP contribution in [0.2, 0.25) is 0 Å². The number of benzene rings is 1. The molecule has 1 aromatic carbocycles. The molecule has 2 atom stereocenters. The predicted molar refractivity (Wildman–Crippen MR) is 121 cm³/mol. The van der Waals surface area contributed by atoms with E-state index in [2.05, 4.69) is 79.4 Å². The maximum atomic E-state index is 6.17. The Hall–Kier alpha value is -2.64. The highest BCUT2D eigenvalue weighted by atomic mass is 15.5. The molecule has 0 spiro atoms. The van der Waals surface area contributed by atoms with Gasteiger partial charge in [0.15, 0.2) is 0 Å². The molecule has 4 heteroatoms. The summed E-state index contributed by atoms with van der Waals surface area (Å²) in [7, 11) is 1.88. The molecule has 3 N–H and O–H groups in total. The summed E-state index contributed by atoms with van der Waals surface area (Å²) in [6, 6.07) is 8.70. The molecule has 0 saturated heterocycles. The first-order valence-electron chi connectivity index (χ1n) is 10.6. The third-order valence-electron chi connectivity index (χ3n) is 5.83. The van der Waals surface area contributed by atoms with Crippen LogP contribution in [0.1, 0.15) is 63.0 Å². The second-order valence-corrected chi connectivity index (χ2v) is 8.24. The van der Waals surface area contributed by atoms with Gasteiger partial charge in [-0.3, -0.25) is 5.01 Å². The van der Waals surface area contributed by atoms with Crippen molar-refractivity contribution in [3.8, 4) is 12.3 Å². The van der Waals surface area contributed by atoms with E-state index in [1.165, 1.54) is 22.4 Å². The molecule has 1 aromatic rings. The van der Waals surface area contributed by atoms with Gasteiger partial charge in [-0.15, -0.1) is 6.42 Å². The van der Waals surface area contributed by atoms with Crippen LogP contribution in [0.15, 0.2) is 59.6 Å². The van der Waals surface area contributed by atoms with Gasteiger partial charge in [-0.2, -0.15) is 0 Å². The predicted octanol–water partition coefficient (Wildman–Crippen LogP) is 4.42. The van der Waals surface area contributed by atoms with E-state index in [-0.39, 0.29) is 12.1 Å². The first kappa shape index (κ1) is 21.1. The van der Waals surface area contributed by atoms with Crippen molar-refractivity contribution in [3.63, 3.8) is 0 Å². The van der Waals surface area contributed by atoms with E-state index in [9.17, 15) is 0 Å². The molecule has 1 aliphatic heterocycles. The maximum absolute atomic E-state index is 6.17. The van der Waals surface area contributed by atoms with Crippen LogP contribution in [0.25, 0.3) is 0 Å². The minimum atomic E-state index is -0.0765. The number of nitrogens with zero attached hydrogens (tertiary/aromatic N) is 2. The van der Waals surface area contributed by atoms with Crippen LogP contribution in [0.4, 0.5) is 0 Å². The molecular formula is C25H34N4. The summed E-state index contributed by atoms with van der Waals surface area (Å²) in [5.41, 5.74) is 5.14. The van der Waals surface area contributed by atoms with Crippen molar-refractivity contribution in [1.82, 2.24) is 15.2 Å². The average molecular weight is 391 g/mol. The Morgan fingerprint density at radius 1 is 1.34 bits per heavy atom. The Kier molecular flexibility index (Phi) is 6.71. The van der Waals surface area contributed by atoms with Crippen molar-refractivity contribution in [1.29, 1.82) is 0 Å². The standard InChI is InChI=1S/C25H34N4/c1-6-22(21-15-11-14-20(16-21)18(3)4)24-27-25(28(5)26)23(7-2)29(24)17-19-12-9-8-10-13-19/h1,8-9,11-12,14-16,18,22,24,27H,7,10,13,17,26H2,2-5H3. The molecule has 0 amide bonds. The molecule has 3 rings (SSSR count). The Balaban J connectivity index is 1.98. The summed E-state index contributed by atoms with van der Waals surface area (Å²) >= 11 is 0. The number of hydrogen-bond acceptors (Lipinski definition) is 4. The van der Waals surface area contributed by atoms with Gasteiger partial charge in [0.2, 0.25) is 0 Å². The van der Waals surface area contributed by atoms with E-state index in [0.29, 0.717) is 5.92 Å². The Morgan fingerprint density at radius 3 is 2.69 bits per heavy atom. The van der Waals surface area contributed by atoms with E-state index in [1.54, 1.807) is 5.01 Å². The molecule has 4 nitrogen and oxygen atoms in total. The lowest BCUT2D eigenvalue weighted by atomic mass is 9.91. The maximum Gasteiger partial charge on any atom is 0.137 e. The molecule has 1 aliphatic carbocycles. The van der Waals surface area contributed by atoms with Gasteiger partial charge in [-0.25, -0.2) is 5.84 Å². The highest BCUT2D eigenvalue weighted by Gasteiger charge is 2.37. The van der Waals surface area contributed by atoms with Crippen molar-refractivity contribution in [2.45, 2.75) is 58.0 Å². The smallest absolute Gasteiger partial charge is 0.137 e. The van der Waals surface area contributed by atoms with Crippen molar-refractivity contribution in [2.75, 3.05) is 13.6 Å². The van der Waals surface area contributed by atoms with Crippen molar-refractivity contribution >= 4 is 0 Å². The largest absolute Gasteiger partial charge is 0.348 e. The first-order valence-corrected chi connectivity index (χ1v) is 10.6. The van der Waals surface area contributed by atoms with Crippen LogP contribution < -0.4 is 11.2 Å². The van der Waals surface area contributed by atoms with Crippen LogP contribution in [-0.4, -0.2) is 29.7 Å². The summed E-state index contributed by atoms with van der Waals surface area (Å²) in [6.07, 6.45) is 15.8. The zero-order valence-corrected chi connectivity index (χ0v) is 18.2. The van der Waals surface area contributed by atoms with Gasteiger partial charge in [0, 0.05) is 13.6 Å². The summed E-state index contributed by atoms with van der Waals surface area (Å²) in [4.78, 5) is 2.43. The van der Waals surface area contributed by atoms with E-state index >= 15 is 0 Å². The van der Waals surface area contributed by atoms with Crippen molar-refractivity contribution < 1.29 is 0 Å². The average Bonchev–Trinajstić information content (AvgIpc) is 3.08. The fourth-order valence-corrected chi connectivity index (χ4v) is 4.22. The lowest BCUT2D eigenvalue weighted by Gasteiger charge is -2.33. The number of terminal acetylenes is 1. The highest BCUT2D eigenvalue weighted by molar-refractivity contribution is 5.36. The lowest BCUT2D eigenvalue weighted by molar-refractivity contribution is 0.251. The first-order chi connectivity index (χ1) is 14.0. The Bertz CT molecular complexity index is 854. The number of nitrogens with one attached hydrogen (secondary N) is 1. The van der Waals surface area contributed by atoms with E-state index in [4.69, 9.17) is 12.3 Å². The van der Waals surface area contributed by atoms with Gasteiger partial charge in [0.05, 0.1) is 11.6 Å². The number of hydrazine groups is 1. The lowest BCUT2D eigenvalue weighted by Crippen LogP contribution is -2.44. The molecular weight excluding hydrogens is 356 g/mol. The van der Waals surface area contributed by atoms with E-state index < -0.39 is 0 Å². The molecule has 1 heterocycles. The van der Waals surface area contributed by atoms with Crippen LogP contribution in [0, 0.1) is 12.3 Å². The molecule has 154 valence electrons. The number of rotatable bonds is 7. The fourth-order valence-electron chi connectivity index (χ4n) is 4.22. The summed E-state index contributed by atoms with van der Waals surface area (Å²) < 4.78 is 0. The third-order valence-corrected chi connectivity index (χ3v) is 5.83. The van der Waals surface area contributed by atoms with Gasteiger partial charge < -0.3 is 10.2 Å². The van der Waals surface area contributed by atoms with Gasteiger partial charge in [-0.05, 0) is 36.3 Å².